The van der Waals surface area contributed by atoms with Gasteiger partial charge < -0.3 is 4.90 Å². The molecule has 1 amide bonds. The third kappa shape index (κ3) is 2.79. The van der Waals surface area contributed by atoms with Gasteiger partial charge in [-0.3, -0.25) is 10.1 Å². The summed E-state index contributed by atoms with van der Waals surface area (Å²) < 4.78 is 1.59. The summed E-state index contributed by atoms with van der Waals surface area (Å²) in [6.07, 6.45) is 1.77. The smallest absolute Gasteiger partial charge is 0.231 e. The SMILES string of the molecule is Cc1nc(NC(=O)[C@@H]2CN(c3ccccn3)C[C@H]2C)n(C)n1. The lowest BCUT2D eigenvalue weighted by Gasteiger charge is -2.16. The molecule has 0 saturated carbocycles. The minimum absolute atomic E-state index is 0.0126. The van der Waals surface area contributed by atoms with Crippen molar-refractivity contribution in [3.05, 3.63) is 30.2 Å². The molecule has 0 aliphatic carbocycles. The lowest BCUT2D eigenvalue weighted by atomic mass is 9.97. The van der Waals surface area contributed by atoms with Crippen LogP contribution in [0.3, 0.4) is 0 Å². The molecule has 3 rings (SSSR count). The summed E-state index contributed by atoms with van der Waals surface area (Å²) in [7, 11) is 1.77. The lowest BCUT2D eigenvalue weighted by Crippen LogP contribution is -2.29. The highest BCUT2D eigenvalue weighted by atomic mass is 16.2. The van der Waals surface area contributed by atoms with Crippen LogP contribution in [0.1, 0.15) is 12.7 Å². The molecule has 1 aliphatic rings. The maximum absolute atomic E-state index is 12.5. The molecule has 1 saturated heterocycles. The van der Waals surface area contributed by atoms with Crippen molar-refractivity contribution < 1.29 is 4.79 Å². The number of aromatic nitrogens is 4. The highest BCUT2D eigenvalue weighted by Gasteiger charge is 2.35. The summed E-state index contributed by atoms with van der Waals surface area (Å²) in [5, 5.41) is 7.02. The number of hydrogen-bond acceptors (Lipinski definition) is 5. The van der Waals surface area contributed by atoms with Crippen molar-refractivity contribution in [1.82, 2.24) is 19.7 Å². The summed E-state index contributed by atoms with van der Waals surface area (Å²) in [6, 6.07) is 5.82. The molecule has 22 heavy (non-hydrogen) atoms. The van der Waals surface area contributed by atoms with Crippen molar-refractivity contribution in [2.24, 2.45) is 18.9 Å². The zero-order valence-electron chi connectivity index (χ0n) is 13.0. The number of aryl methyl sites for hydroxylation is 2. The molecular weight excluding hydrogens is 280 g/mol. The normalized spacial score (nSPS) is 21.1. The average Bonchev–Trinajstić information content (AvgIpc) is 3.03. The number of rotatable bonds is 3. The highest BCUT2D eigenvalue weighted by molar-refractivity contribution is 5.92. The van der Waals surface area contributed by atoms with Gasteiger partial charge in [-0.1, -0.05) is 13.0 Å². The van der Waals surface area contributed by atoms with E-state index < -0.39 is 0 Å². The molecule has 0 radical (unpaired) electrons. The number of pyridine rings is 1. The number of nitrogens with zero attached hydrogens (tertiary/aromatic N) is 5. The Morgan fingerprint density at radius 2 is 2.18 bits per heavy atom. The number of anilines is 2. The van der Waals surface area contributed by atoms with E-state index in [4.69, 9.17) is 0 Å². The first-order valence-corrected chi connectivity index (χ1v) is 7.39. The molecule has 1 fully saturated rings. The first kappa shape index (κ1) is 14.5. The second kappa shape index (κ2) is 5.75. The maximum Gasteiger partial charge on any atom is 0.231 e. The quantitative estimate of drug-likeness (QED) is 0.922. The van der Waals surface area contributed by atoms with Crippen LogP contribution in [0.15, 0.2) is 24.4 Å². The van der Waals surface area contributed by atoms with Crippen LogP contribution in [0, 0.1) is 18.8 Å². The lowest BCUT2D eigenvalue weighted by molar-refractivity contribution is -0.120. The van der Waals surface area contributed by atoms with Crippen molar-refractivity contribution in [1.29, 1.82) is 0 Å². The maximum atomic E-state index is 12.5. The zero-order valence-corrected chi connectivity index (χ0v) is 13.0. The van der Waals surface area contributed by atoms with Gasteiger partial charge in [0.15, 0.2) is 0 Å². The first-order chi connectivity index (χ1) is 10.5. The van der Waals surface area contributed by atoms with Gasteiger partial charge in [0, 0.05) is 26.3 Å². The second-order valence-electron chi connectivity index (χ2n) is 5.77. The van der Waals surface area contributed by atoms with Crippen LogP contribution in [0.25, 0.3) is 0 Å². The Balaban J connectivity index is 1.70. The molecule has 2 aromatic heterocycles. The zero-order chi connectivity index (χ0) is 15.7. The van der Waals surface area contributed by atoms with Crippen LogP contribution in [-0.2, 0) is 11.8 Å². The fraction of sp³-hybridized carbons (Fsp3) is 0.467. The largest absolute Gasteiger partial charge is 0.356 e. The summed E-state index contributed by atoms with van der Waals surface area (Å²) in [4.78, 5) is 23.2. The molecule has 7 nitrogen and oxygen atoms in total. The van der Waals surface area contributed by atoms with Crippen molar-refractivity contribution in [2.45, 2.75) is 13.8 Å². The molecule has 3 heterocycles. The van der Waals surface area contributed by atoms with Crippen LogP contribution in [-0.4, -0.2) is 38.7 Å². The number of nitrogens with one attached hydrogen (secondary N) is 1. The van der Waals surface area contributed by atoms with Crippen molar-refractivity contribution in [3.8, 4) is 0 Å². The topological polar surface area (TPSA) is 75.9 Å². The Labute approximate surface area is 129 Å². The Kier molecular flexibility index (Phi) is 3.79. The monoisotopic (exact) mass is 300 g/mol. The first-order valence-electron chi connectivity index (χ1n) is 7.39. The van der Waals surface area contributed by atoms with Gasteiger partial charge in [0.05, 0.1) is 5.92 Å². The predicted molar refractivity (Wildman–Crippen MR) is 83.5 cm³/mol. The van der Waals surface area contributed by atoms with Gasteiger partial charge >= 0.3 is 0 Å². The van der Waals surface area contributed by atoms with Crippen LogP contribution in [0.5, 0.6) is 0 Å². The Bertz CT molecular complexity index is 668. The van der Waals surface area contributed by atoms with Gasteiger partial charge in [-0.15, -0.1) is 0 Å². The van der Waals surface area contributed by atoms with E-state index in [1.807, 2.05) is 18.2 Å². The third-order valence-electron chi connectivity index (χ3n) is 4.03. The van der Waals surface area contributed by atoms with E-state index in [9.17, 15) is 4.79 Å². The van der Waals surface area contributed by atoms with Gasteiger partial charge in [0.1, 0.15) is 11.6 Å². The van der Waals surface area contributed by atoms with E-state index >= 15 is 0 Å². The molecule has 7 heteroatoms. The van der Waals surface area contributed by atoms with Gasteiger partial charge in [0.25, 0.3) is 0 Å². The summed E-state index contributed by atoms with van der Waals surface area (Å²) in [5.41, 5.74) is 0. The molecule has 0 aromatic carbocycles. The predicted octanol–water partition coefficient (Wildman–Crippen LogP) is 1.23. The fourth-order valence-electron chi connectivity index (χ4n) is 2.86. The van der Waals surface area contributed by atoms with E-state index in [-0.39, 0.29) is 17.7 Å². The molecular formula is C15H20N6O. The van der Waals surface area contributed by atoms with E-state index in [1.54, 1.807) is 24.9 Å². The molecule has 1 aliphatic heterocycles. The number of carbonyl (C=O) groups excluding carboxylic acids is 1. The average molecular weight is 300 g/mol. The van der Waals surface area contributed by atoms with Crippen molar-refractivity contribution in [2.75, 3.05) is 23.3 Å². The van der Waals surface area contributed by atoms with Crippen LogP contribution in [0.4, 0.5) is 11.8 Å². The van der Waals surface area contributed by atoms with E-state index in [2.05, 4.69) is 32.2 Å². The summed E-state index contributed by atoms with van der Waals surface area (Å²) in [5.74, 6) is 2.22. The molecule has 0 bridgehead atoms. The number of amides is 1. The summed E-state index contributed by atoms with van der Waals surface area (Å²) >= 11 is 0. The summed E-state index contributed by atoms with van der Waals surface area (Å²) in [6.45, 7) is 5.39. The molecule has 2 aromatic rings. The molecule has 2 atom stereocenters. The molecule has 0 spiro atoms. The van der Waals surface area contributed by atoms with Gasteiger partial charge in [-0.2, -0.15) is 10.1 Å². The van der Waals surface area contributed by atoms with Gasteiger partial charge in [0.2, 0.25) is 11.9 Å². The molecule has 116 valence electrons. The Hall–Kier alpha value is -2.44. The van der Waals surface area contributed by atoms with Crippen LogP contribution in [0.2, 0.25) is 0 Å². The van der Waals surface area contributed by atoms with E-state index in [1.165, 1.54) is 0 Å². The highest BCUT2D eigenvalue weighted by Crippen LogP contribution is 2.27. The second-order valence-corrected chi connectivity index (χ2v) is 5.77. The fourth-order valence-corrected chi connectivity index (χ4v) is 2.86. The van der Waals surface area contributed by atoms with E-state index in [0.717, 1.165) is 12.4 Å². The number of carbonyl (C=O) groups is 1. The van der Waals surface area contributed by atoms with Crippen LogP contribution < -0.4 is 10.2 Å². The van der Waals surface area contributed by atoms with Crippen LogP contribution >= 0.6 is 0 Å². The standard InChI is InChI=1S/C15H20N6O/c1-10-8-21(13-6-4-5-7-16-13)9-12(10)14(22)18-15-17-11(2)19-20(15)3/h4-7,10,12H,8-9H2,1-3H3,(H,17,18,19,22)/t10-,12-/m1/s1. The van der Waals surface area contributed by atoms with Gasteiger partial charge in [-0.25, -0.2) is 9.67 Å². The minimum atomic E-state index is -0.0842. The molecule has 0 unspecified atom stereocenters. The van der Waals surface area contributed by atoms with Gasteiger partial charge in [-0.05, 0) is 25.0 Å². The van der Waals surface area contributed by atoms with Crippen molar-refractivity contribution >= 4 is 17.7 Å². The minimum Gasteiger partial charge on any atom is -0.356 e. The third-order valence-corrected chi connectivity index (χ3v) is 4.03. The van der Waals surface area contributed by atoms with E-state index in [0.29, 0.717) is 18.3 Å². The Morgan fingerprint density at radius 1 is 1.36 bits per heavy atom. The number of hydrogen-bond donors (Lipinski definition) is 1. The molecule has 1 N–H and O–H groups in total. The Morgan fingerprint density at radius 3 is 2.82 bits per heavy atom. The van der Waals surface area contributed by atoms with Crippen molar-refractivity contribution in [3.63, 3.8) is 0 Å².